The average Bonchev–Trinajstić information content (AvgIpc) is 3.74. The number of benzene rings is 1. The molecule has 1 aromatic rings. The number of ether oxygens (including phenoxy) is 2. The fraction of sp³-hybridized carbons (Fsp3) is 0.632. The zero-order valence-electron chi connectivity index (χ0n) is 29.1. The number of esters is 1. The smallest absolute Gasteiger partial charge is 0.313 e. The number of aliphatic hydroxyl groups excluding tert-OH is 1. The number of amides is 3. The van der Waals surface area contributed by atoms with Gasteiger partial charge in [-0.25, -0.2) is 0 Å². The summed E-state index contributed by atoms with van der Waals surface area (Å²) < 4.78 is 13.0. The number of likely N-dealkylation sites (N-methyl/N-ethyl adjacent to an activating group) is 1. The fourth-order valence-electron chi connectivity index (χ4n) is 7.81. The van der Waals surface area contributed by atoms with Crippen LogP contribution in [0.25, 0.3) is 0 Å². The summed E-state index contributed by atoms with van der Waals surface area (Å²) in [6.07, 6.45) is 8.70. The topological polar surface area (TPSA) is 117 Å². The van der Waals surface area contributed by atoms with Gasteiger partial charge in [0, 0.05) is 39.7 Å². The molecule has 4 rings (SSSR count). The Morgan fingerprint density at radius 2 is 1.88 bits per heavy atom. The molecule has 48 heavy (non-hydrogen) atoms. The molecule has 1 N–H and O–H groups in total. The van der Waals surface area contributed by atoms with Crippen LogP contribution in [0.1, 0.15) is 89.7 Å². The molecule has 0 radical (unpaired) electrons. The maximum Gasteiger partial charge on any atom is 0.313 e. The van der Waals surface area contributed by atoms with Gasteiger partial charge in [0.15, 0.2) is 0 Å². The van der Waals surface area contributed by atoms with Crippen molar-refractivity contribution in [2.45, 2.75) is 108 Å². The van der Waals surface area contributed by atoms with E-state index < -0.39 is 47.7 Å². The molecule has 3 fully saturated rings. The standard InChI is InChI=1S/C38H55N3O7/c1-6-9-15-24-40(23-8-3)36(45)34-38-22-21-29(48-38)31(32(38)35(44)41(34)25-16-12-17-26-42)37(46)47-33(28-18-13-11-14-19-28)27(4)39(5)30(43)20-10-7-2/h7-8,11,13-14,18-19,27,29,31-34,42H,2-3,6,9-10,12,15-17,20-26H2,1,4-5H3/t27-,29-,31+,32+,33+,34-,38+/m1/s1. The Morgan fingerprint density at radius 1 is 1.12 bits per heavy atom. The third-order valence-corrected chi connectivity index (χ3v) is 10.4. The maximum absolute atomic E-state index is 14.4. The van der Waals surface area contributed by atoms with Crippen LogP contribution in [0.2, 0.25) is 0 Å². The summed E-state index contributed by atoms with van der Waals surface area (Å²) in [5.74, 6) is -2.79. The molecule has 10 nitrogen and oxygen atoms in total. The lowest BCUT2D eigenvalue weighted by Crippen LogP contribution is -2.56. The molecule has 264 valence electrons. The van der Waals surface area contributed by atoms with Crippen molar-refractivity contribution in [2.24, 2.45) is 11.8 Å². The summed E-state index contributed by atoms with van der Waals surface area (Å²) in [6, 6.07) is 7.98. The predicted octanol–water partition coefficient (Wildman–Crippen LogP) is 4.83. The van der Waals surface area contributed by atoms with E-state index >= 15 is 0 Å². The first kappa shape index (κ1) is 37.3. The highest BCUT2D eigenvalue weighted by Crippen LogP contribution is 2.59. The molecule has 0 aliphatic carbocycles. The molecule has 0 saturated carbocycles. The normalized spacial score (nSPS) is 25.3. The van der Waals surface area contributed by atoms with Crippen molar-refractivity contribution < 1.29 is 33.8 Å². The highest BCUT2D eigenvalue weighted by molar-refractivity contribution is 5.98. The first-order valence-electron chi connectivity index (χ1n) is 17.8. The van der Waals surface area contributed by atoms with Crippen LogP contribution in [-0.4, -0.2) is 101 Å². The van der Waals surface area contributed by atoms with E-state index in [1.165, 1.54) is 0 Å². The van der Waals surface area contributed by atoms with Crippen molar-refractivity contribution in [2.75, 3.05) is 33.3 Å². The predicted molar refractivity (Wildman–Crippen MR) is 183 cm³/mol. The Kier molecular flexibility index (Phi) is 13.4. The van der Waals surface area contributed by atoms with Crippen molar-refractivity contribution in [3.8, 4) is 0 Å². The van der Waals surface area contributed by atoms with Gasteiger partial charge in [0.05, 0.1) is 24.0 Å². The summed E-state index contributed by atoms with van der Waals surface area (Å²) in [6.45, 7) is 12.9. The van der Waals surface area contributed by atoms with E-state index in [1.807, 2.05) is 37.3 Å². The Balaban J connectivity index is 1.65. The second-order valence-electron chi connectivity index (χ2n) is 13.5. The summed E-state index contributed by atoms with van der Waals surface area (Å²) >= 11 is 0. The van der Waals surface area contributed by atoms with Crippen LogP contribution in [0.5, 0.6) is 0 Å². The Morgan fingerprint density at radius 3 is 2.54 bits per heavy atom. The minimum Gasteiger partial charge on any atom is -0.455 e. The number of unbranched alkanes of at least 4 members (excludes halogenated alkanes) is 4. The molecule has 0 unspecified atom stereocenters. The van der Waals surface area contributed by atoms with Crippen LogP contribution in [0, 0.1) is 11.8 Å². The molecule has 3 amide bonds. The van der Waals surface area contributed by atoms with Crippen molar-refractivity contribution >= 4 is 23.7 Å². The van der Waals surface area contributed by atoms with Crippen molar-refractivity contribution in [1.82, 2.24) is 14.7 Å². The maximum atomic E-state index is 14.4. The number of allylic oxidation sites excluding steroid dienone is 1. The second kappa shape index (κ2) is 17.2. The van der Waals surface area contributed by atoms with Gasteiger partial charge in [-0.3, -0.25) is 19.2 Å². The Labute approximate surface area is 286 Å². The molecule has 1 spiro atoms. The SMILES string of the molecule is C=CCCC(=O)N(C)[C@H](C)[C@H](OC(=O)[C@@H]1[C@H]2C(=O)N(CCCCCO)[C@H](C(=O)N(CC=C)CCCCC)[C@]23CC[C@H]1O3)c1ccccc1. The summed E-state index contributed by atoms with van der Waals surface area (Å²) in [4.78, 5) is 61.2. The number of fused-ring (bicyclic) bond motifs is 1. The van der Waals surface area contributed by atoms with Crippen molar-refractivity contribution in [3.05, 3.63) is 61.2 Å². The van der Waals surface area contributed by atoms with E-state index in [4.69, 9.17) is 9.47 Å². The molecule has 3 saturated heterocycles. The van der Waals surface area contributed by atoms with E-state index in [0.717, 1.165) is 24.8 Å². The van der Waals surface area contributed by atoms with Gasteiger partial charge in [-0.05, 0) is 57.4 Å². The van der Waals surface area contributed by atoms with Gasteiger partial charge in [-0.2, -0.15) is 0 Å². The summed E-state index contributed by atoms with van der Waals surface area (Å²) in [5.41, 5.74) is -0.390. The van der Waals surface area contributed by atoms with Gasteiger partial charge >= 0.3 is 5.97 Å². The third-order valence-electron chi connectivity index (χ3n) is 10.4. The molecule has 10 heteroatoms. The molecule has 3 aliphatic rings. The van der Waals surface area contributed by atoms with E-state index in [9.17, 15) is 24.3 Å². The number of carbonyl (C=O) groups is 4. The van der Waals surface area contributed by atoms with Crippen LogP contribution in [0.15, 0.2) is 55.6 Å². The van der Waals surface area contributed by atoms with Gasteiger partial charge in [0.25, 0.3) is 0 Å². The van der Waals surface area contributed by atoms with E-state index in [1.54, 1.807) is 33.9 Å². The summed E-state index contributed by atoms with van der Waals surface area (Å²) in [7, 11) is 1.70. The van der Waals surface area contributed by atoms with E-state index in [2.05, 4.69) is 20.1 Å². The minimum absolute atomic E-state index is 0.0577. The molecule has 0 aromatic heterocycles. The number of rotatable bonds is 20. The zero-order chi connectivity index (χ0) is 34.8. The number of likely N-dealkylation sites (tertiary alicyclic amines) is 1. The van der Waals surface area contributed by atoms with Gasteiger partial charge in [-0.15, -0.1) is 13.2 Å². The van der Waals surface area contributed by atoms with Gasteiger partial charge in [0.1, 0.15) is 17.7 Å². The van der Waals surface area contributed by atoms with E-state index in [0.29, 0.717) is 64.6 Å². The van der Waals surface area contributed by atoms with Crippen LogP contribution in [-0.2, 0) is 28.7 Å². The molecule has 1 aromatic carbocycles. The molecule has 7 atom stereocenters. The average molecular weight is 666 g/mol. The summed E-state index contributed by atoms with van der Waals surface area (Å²) in [5, 5.41) is 9.34. The lowest BCUT2D eigenvalue weighted by molar-refractivity contribution is -0.164. The minimum atomic E-state index is -1.13. The monoisotopic (exact) mass is 665 g/mol. The van der Waals surface area contributed by atoms with Crippen molar-refractivity contribution in [3.63, 3.8) is 0 Å². The largest absolute Gasteiger partial charge is 0.455 e. The van der Waals surface area contributed by atoms with Crippen molar-refractivity contribution in [1.29, 1.82) is 0 Å². The van der Waals surface area contributed by atoms with Crippen LogP contribution < -0.4 is 0 Å². The molecule has 3 heterocycles. The Hall–Kier alpha value is -3.50. The van der Waals surface area contributed by atoms with Gasteiger partial charge < -0.3 is 29.3 Å². The fourth-order valence-corrected chi connectivity index (χ4v) is 7.81. The second-order valence-corrected chi connectivity index (χ2v) is 13.5. The highest BCUT2D eigenvalue weighted by atomic mass is 16.6. The number of nitrogens with zero attached hydrogens (tertiary/aromatic N) is 3. The number of hydrogen-bond acceptors (Lipinski definition) is 7. The number of aliphatic hydroxyl groups is 1. The quantitative estimate of drug-likeness (QED) is 0.121. The molecular weight excluding hydrogens is 610 g/mol. The lowest BCUT2D eigenvalue weighted by Gasteiger charge is -2.37. The first-order chi connectivity index (χ1) is 23.2. The molecular formula is C38H55N3O7. The first-order valence-corrected chi connectivity index (χ1v) is 17.8. The molecule has 3 aliphatic heterocycles. The van der Waals surface area contributed by atoms with E-state index in [-0.39, 0.29) is 24.3 Å². The number of hydrogen-bond donors (Lipinski definition) is 1. The van der Waals surface area contributed by atoms with Crippen LogP contribution in [0.4, 0.5) is 0 Å². The number of carbonyl (C=O) groups excluding carboxylic acids is 4. The highest BCUT2D eigenvalue weighted by Gasteiger charge is 2.75. The van der Waals surface area contributed by atoms with Crippen LogP contribution >= 0.6 is 0 Å². The lowest BCUT2D eigenvalue weighted by atomic mass is 9.70. The van der Waals surface area contributed by atoms with Gasteiger partial charge in [0.2, 0.25) is 17.7 Å². The molecule has 2 bridgehead atoms. The van der Waals surface area contributed by atoms with Gasteiger partial charge in [-0.1, -0.05) is 62.2 Å². The van der Waals surface area contributed by atoms with Crippen LogP contribution in [0.3, 0.4) is 0 Å². The zero-order valence-corrected chi connectivity index (χ0v) is 29.1. The Bertz CT molecular complexity index is 1290. The third kappa shape index (κ3) is 7.70.